The lowest BCUT2D eigenvalue weighted by Crippen LogP contribution is -2.46. The fourth-order valence-electron chi connectivity index (χ4n) is 3.23. The third-order valence-electron chi connectivity index (χ3n) is 4.37. The van der Waals surface area contributed by atoms with Crippen molar-refractivity contribution in [2.75, 3.05) is 11.4 Å². The van der Waals surface area contributed by atoms with Gasteiger partial charge in [0.2, 0.25) is 0 Å². The molecule has 1 unspecified atom stereocenters. The van der Waals surface area contributed by atoms with Gasteiger partial charge in [0.15, 0.2) is 0 Å². The minimum absolute atomic E-state index is 0.155. The van der Waals surface area contributed by atoms with Gasteiger partial charge in [-0.25, -0.2) is 9.97 Å². The molecular formula is C16H21N3OS. The summed E-state index contributed by atoms with van der Waals surface area (Å²) < 4.78 is 0. The molecule has 0 amide bonds. The van der Waals surface area contributed by atoms with E-state index in [4.69, 9.17) is 0 Å². The number of anilines is 1. The molecule has 2 aromatic heterocycles. The summed E-state index contributed by atoms with van der Waals surface area (Å²) in [6, 6.07) is 6.10. The zero-order valence-electron chi connectivity index (χ0n) is 12.9. The summed E-state index contributed by atoms with van der Waals surface area (Å²) >= 11 is 1.67. The Bertz CT molecular complexity index is 637. The molecular weight excluding hydrogens is 282 g/mol. The van der Waals surface area contributed by atoms with Gasteiger partial charge in [0.25, 0.3) is 0 Å². The molecule has 4 nitrogen and oxygen atoms in total. The predicted molar refractivity (Wildman–Crippen MR) is 86.6 cm³/mol. The maximum absolute atomic E-state index is 10.6. The lowest BCUT2D eigenvalue weighted by molar-refractivity contribution is 0.0465. The van der Waals surface area contributed by atoms with Crippen molar-refractivity contribution in [3.8, 4) is 10.6 Å². The Morgan fingerprint density at radius 2 is 2.05 bits per heavy atom. The van der Waals surface area contributed by atoms with E-state index in [2.05, 4.69) is 48.6 Å². The first kappa shape index (κ1) is 14.5. The van der Waals surface area contributed by atoms with Crippen LogP contribution in [0.5, 0.6) is 0 Å². The second-order valence-corrected chi connectivity index (χ2v) is 7.82. The van der Waals surface area contributed by atoms with Gasteiger partial charge in [-0.2, -0.15) is 0 Å². The molecule has 21 heavy (non-hydrogen) atoms. The van der Waals surface area contributed by atoms with Crippen LogP contribution in [0, 0.1) is 5.41 Å². The first-order chi connectivity index (χ1) is 9.82. The van der Waals surface area contributed by atoms with Crippen molar-refractivity contribution in [1.82, 2.24) is 9.97 Å². The van der Waals surface area contributed by atoms with Crippen LogP contribution in [0.2, 0.25) is 0 Å². The highest BCUT2D eigenvalue weighted by Crippen LogP contribution is 2.43. The van der Waals surface area contributed by atoms with Gasteiger partial charge >= 0.3 is 0 Å². The van der Waals surface area contributed by atoms with Crippen molar-refractivity contribution >= 4 is 17.2 Å². The van der Waals surface area contributed by atoms with Crippen LogP contribution in [0.25, 0.3) is 10.6 Å². The number of aromatic nitrogens is 2. The quantitative estimate of drug-likeness (QED) is 0.925. The Labute approximate surface area is 129 Å². The molecule has 0 aromatic carbocycles. The molecule has 1 aliphatic rings. The van der Waals surface area contributed by atoms with E-state index in [-0.39, 0.29) is 11.0 Å². The average Bonchev–Trinajstić information content (AvgIpc) is 3.02. The number of aliphatic hydroxyl groups is 1. The van der Waals surface area contributed by atoms with Crippen LogP contribution in [0.4, 0.5) is 5.82 Å². The summed E-state index contributed by atoms with van der Waals surface area (Å²) in [6.07, 6.45) is 1.21. The molecule has 1 N–H and O–H groups in total. The van der Waals surface area contributed by atoms with Gasteiger partial charge in [0.05, 0.1) is 22.2 Å². The maximum Gasteiger partial charge on any atom is 0.133 e. The molecule has 0 bridgehead atoms. The Hall–Kier alpha value is -1.46. The molecule has 3 rings (SSSR count). The largest absolute Gasteiger partial charge is 0.390 e. The molecule has 3 heterocycles. The summed E-state index contributed by atoms with van der Waals surface area (Å²) in [5.74, 6) is 0.878. The van der Waals surface area contributed by atoms with Crippen LogP contribution in [0.3, 0.4) is 0 Å². The van der Waals surface area contributed by atoms with Crippen LogP contribution in [0.1, 0.15) is 27.7 Å². The SMILES string of the molecule is CC1(C)CN(c2cc(-c3cccs3)ncn2)C(C)(C)C1O. The van der Waals surface area contributed by atoms with Gasteiger partial charge in [0.1, 0.15) is 12.1 Å². The van der Waals surface area contributed by atoms with Crippen molar-refractivity contribution in [2.45, 2.75) is 39.3 Å². The Morgan fingerprint density at radius 1 is 1.29 bits per heavy atom. The average molecular weight is 303 g/mol. The molecule has 0 spiro atoms. The van der Waals surface area contributed by atoms with Crippen LogP contribution in [-0.2, 0) is 0 Å². The van der Waals surface area contributed by atoms with Crippen LogP contribution in [0.15, 0.2) is 29.9 Å². The first-order valence-electron chi connectivity index (χ1n) is 7.14. The van der Waals surface area contributed by atoms with E-state index < -0.39 is 6.10 Å². The van der Waals surface area contributed by atoms with Gasteiger partial charge in [0, 0.05) is 18.0 Å². The highest BCUT2D eigenvalue weighted by Gasteiger charge is 2.51. The third kappa shape index (κ3) is 2.34. The molecule has 5 heteroatoms. The Morgan fingerprint density at radius 3 is 2.62 bits per heavy atom. The molecule has 0 radical (unpaired) electrons. The molecule has 112 valence electrons. The first-order valence-corrected chi connectivity index (χ1v) is 8.02. The topological polar surface area (TPSA) is 49.2 Å². The molecule has 1 atom stereocenters. The van der Waals surface area contributed by atoms with Gasteiger partial charge in [-0.05, 0) is 25.3 Å². The number of thiophene rings is 1. The van der Waals surface area contributed by atoms with Crippen molar-refractivity contribution < 1.29 is 5.11 Å². The smallest absolute Gasteiger partial charge is 0.133 e. The molecule has 1 fully saturated rings. The van der Waals surface area contributed by atoms with Crippen LogP contribution < -0.4 is 4.90 Å². The highest BCUT2D eigenvalue weighted by atomic mass is 32.1. The minimum atomic E-state index is -0.398. The van der Waals surface area contributed by atoms with E-state index in [1.807, 2.05) is 17.5 Å². The number of hydrogen-bond acceptors (Lipinski definition) is 5. The van der Waals surface area contributed by atoms with E-state index in [1.54, 1.807) is 17.7 Å². The monoisotopic (exact) mass is 303 g/mol. The lowest BCUT2D eigenvalue weighted by atomic mass is 9.82. The van der Waals surface area contributed by atoms with Crippen molar-refractivity contribution in [1.29, 1.82) is 0 Å². The Kier molecular flexibility index (Phi) is 3.30. The fraction of sp³-hybridized carbons (Fsp3) is 0.500. The van der Waals surface area contributed by atoms with Crippen molar-refractivity contribution in [3.63, 3.8) is 0 Å². The second-order valence-electron chi connectivity index (χ2n) is 6.87. The van der Waals surface area contributed by atoms with Gasteiger partial charge in [-0.15, -0.1) is 11.3 Å². The summed E-state index contributed by atoms with van der Waals surface area (Å²) in [5.41, 5.74) is 0.437. The van der Waals surface area contributed by atoms with E-state index in [1.165, 1.54) is 0 Å². The fourth-order valence-corrected chi connectivity index (χ4v) is 3.92. The molecule has 1 aliphatic heterocycles. The van der Waals surface area contributed by atoms with Gasteiger partial charge in [-0.3, -0.25) is 0 Å². The number of aliphatic hydroxyl groups excluding tert-OH is 1. The Balaban J connectivity index is 2.00. The number of nitrogens with zero attached hydrogens (tertiary/aromatic N) is 3. The third-order valence-corrected chi connectivity index (χ3v) is 5.27. The summed E-state index contributed by atoms with van der Waals surface area (Å²) in [5, 5.41) is 12.6. The van der Waals surface area contributed by atoms with Crippen molar-refractivity contribution in [3.05, 3.63) is 29.9 Å². The van der Waals surface area contributed by atoms with E-state index >= 15 is 0 Å². The molecule has 0 saturated carbocycles. The summed E-state index contributed by atoms with van der Waals surface area (Å²) in [7, 11) is 0. The van der Waals surface area contributed by atoms with Crippen LogP contribution >= 0.6 is 11.3 Å². The van der Waals surface area contributed by atoms with E-state index in [9.17, 15) is 5.11 Å². The standard InChI is InChI=1S/C16H21N3OS/c1-15(2)9-19(16(3,4)14(15)20)13-8-11(17-10-18-13)12-6-5-7-21-12/h5-8,10,14,20H,9H2,1-4H3. The molecule has 1 saturated heterocycles. The minimum Gasteiger partial charge on any atom is -0.390 e. The van der Waals surface area contributed by atoms with Gasteiger partial charge < -0.3 is 10.0 Å². The summed E-state index contributed by atoms with van der Waals surface area (Å²) in [6.45, 7) is 9.11. The molecule has 2 aromatic rings. The van der Waals surface area contributed by atoms with Gasteiger partial charge in [-0.1, -0.05) is 19.9 Å². The predicted octanol–water partition coefficient (Wildman–Crippen LogP) is 3.19. The zero-order chi connectivity index (χ0) is 15.3. The zero-order valence-corrected chi connectivity index (χ0v) is 13.7. The van der Waals surface area contributed by atoms with Crippen LogP contribution in [-0.4, -0.2) is 33.3 Å². The van der Waals surface area contributed by atoms with E-state index in [0.717, 1.165) is 22.9 Å². The number of rotatable bonds is 2. The highest BCUT2D eigenvalue weighted by molar-refractivity contribution is 7.13. The van der Waals surface area contributed by atoms with Crippen molar-refractivity contribution in [2.24, 2.45) is 5.41 Å². The normalized spacial score (nSPS) is 23.5. The van der Waals surface area contributed by atoms with E-state index in [0.29, 0.717) is 0 Å². The second kappa shape index (κ2) is 4.78. The lowest BCUT2D eigenvalue weighted by Gasteiger charge is -2.35. The summed E-state index contributed by atoms with van der Waals surface area (Å²) in [4.78, 5) is 12.1. The molecule has 0 aliphatic carbocycles. The maximum atomic E-state index is 10.6. The number of hydrogen-bond donors (Lipinski definition) is 1.